The quantitative estimate of drug-likeness (QED) is 0.812. The predicted octanol–water partition coefficient (Wildman–Crippen LogP) is 4.35. The van der Waals surface area contributed by atoms with Gasteiger partial charge in [-0.3, -0.25) is 0 Å². The van der Waals surface area contributed by atoms with Crippen molar-refractivity contribution in [3.05, 3.63) is 28.8 Å². The van der Waals surface area contributed by atoms with Gasteiger partial charge in [-0.15, -0.1) is 0 Å². The Morgan fingerprint density at radius 2 is 1.75 bits per heavy atom. The van der Waals surface area contributed by atoms with Crippen molar-refractivity contribution < 1.29 is 10.2 Å². The van der Waals surface area contributed by atoms with E-state index in [4.69, 9.17) is 0 Å². The molecule has 0 heterocycles. The lowest BCUT2D eigenvalue weighted by Crippen LogP contribution is -2.15. The van der Waals surface area contributed by atoms with E-state index < -0.39 is 0 Å². The highest BCUT2D eigenvalue weighted by molar-refractivity contribution is 5.45. The van der Waals surface area contributed by atoms with Crippen LogP contribution in [0.5, 0.6) is 5.75 Å². The van der Waals surface area contributed by atoms with Gasteiger partial charge in [0.15, 0.2) is 0 Å². The maximum Gasteiger partial charge on any atom is 0.119 e. The summed E-state index contributed by atoms with van der Waals surface area (Å²) in [4.78, 5) is 0. The summed E-state index contributed by atoms with van der Waals surface area (Å²) in [5, 5.41) is 19.7. The first-order valence-electron chi connectivity index (χ1n) is 7.79. The van der Waals surface area contributed by atoms with Gasteiger partial charge in [-0.05, 0) is 60.8 Å². The Labute approximate surface area is 123 Å². The van der Waals surface area contributed by atoms with Crippen LogP contribution in [0.25, 0.3) is 0 Å². The van der Waals surface area contributed by atoms with Crippen LogP contribution in [0, 0.1) is 0 Å². The zero-order chi connectivity index (χ0) is 15.3. The molecule has 20 heavy (non-hydrogen) atoms. The Morgan fingerprint density at radius 1 is 1.10 bits per heavy atom. The molecule has 1 rings (SSSR count). The molecule has 1 aromatic rings. The van der Waals surface area contributed by atoms with Crippen molar-refractivity contribution in [1.82, 2.24) is 0 Å². The molecule has 0 aliphatic heterocycles. The zero-order valence-corrected chi connectivity index (χ0v) is 13.7. The molecule has 0 spiro atoms. The maximum atomic E-state index is 10.2. The normalized spacial score (nSPS) is 13.5. The summed E-state index contributed by atoms with van der Waals surface area (Å²) in [6.07, 6.45) is 4.50. The molecule has 114 valence electrons. The summed E-state index contributed by atoms with van der Waals surface area (Å²) in [7, 11) is 0. The molecule has 0 amide bonds. The topological polar surface area (TPSA) is 40.5 Å². The van der Waals surface area contributed by atoms with Crippen LogP contribution in [0.15, 0.2) is 12.1 Å². The fraction of sp³-hybridized carbons (Fsp3) is 0.667. The highest BCUT2D eigenvalue weighted by atomic mass is 16.3. The van der Waals surface area contributed by atoms with Gasteiger partial charge in [-0.1, -0.05) is 40.2 Å². The molecule has 0 bridgehead atoms. The number of aliphatic hydroxyl groups excluding tert-OH is 1. The van der Waals surface area contributed by atoms with E-state index in [1.807, 2.05) is 6.07 Å². The molecule has 0 saturated heterocycles. The molecular formula is C18H30O2. The average Bonchev–Trinajstić information content (AvgIpc) is 2.34. The summed E-state index contributed by atoms with van der Waals surface area (Å²) in [5.41, 5.74) is 3.59. The van der Waals surface area contributed by atoms with E-state index in [1.165, 1.54) is 24.0 Å². The molecule has 0 radical (unpaired) electrons. The number of hydrogen-bond acceptors (Lipinski definition) is 2. The van der Waals surface area contributed by atoms with Crippen LogP contribution in [0.2, 0.25) is 0 Å². The van der Waals surface area contributed by atoms with Gasteiger partial charge < -0.3 is 10.2 Å². The van der Waals surface area contributed by atoms with Gasteiger partial charge in [0.25, 0.3) is 0 Å². The summed E-state index contributed by atoms with van der Waals surface area (Å²) < 4.78 is 0. The number of hydrogen-bond donors (Lipinski definition) is 2. The second kappa shape index (κ2) is 7.12. The molecule has 1 atom stereocenters. The van der Waals surface area contributed by atoms with E-state index in [9.17, 15) is 10.2 Å². The van der Waals surface area contributed by atoms with E-state index in [0.717, 1.165) is 18.4 Å². The van der Waals surface area contributed by atoms with Crippen LogP contribution in [0.4, 0.5) is 0 Å². The molecule has 0 saturated carbocycles. The molecule has 0 aromatic heterocycles. The minimum atomic E-state index is -0.323. The van der Waals surface area contributed by atoms with Gasteiger partial charge >= 0.3 is 0 Å². The van der Waals surface area contributed by atoms with Gasteiger partial charge in [-0.2, -0.15) is 0 Å². The second-order valence-electron chi connectivity index (χ2n) is 6.88. The fourth-order valence-corrected chi connectivity index (χ4v) is 2.52. The summed E-state index contributed by atoms with van der Waals surface area (Å²) >= 11 is 0. The Balaban J connectivity index is 3.11. The number of rotatable bonds is 6. The third-order valence-corrected chi connectivity index (χ3v) is 3.74. The Bertz CT molecular complexity index is 428. The zero-order valence-electron chi connectivity index (χ0n) is 13.7. The van der Waals surface area contributed by atoms with Crippen molar-refractivity contribution in [3.63, 3.8) is 0 Å². The Hall–Kier alpha value is -1.02. The van der Waals surface area contributed by atoms with Crippen molar-refractivity contribution in [2.45, 2.75) is 78.2 Å². The Kier molecular flexibility index (Phi) is 6.07. The molecule has 2 heteroatoms. The number of aromatic hydroxyl groups is 1. The van der Waals surface area contributed by atoms with Crippen LogP contribution in [-0.4, -0.2) is 16.3 Å². The number of aliphatic hydroxyl groups is 1. The number of phenolic OH excluding ortho intramolecular Hbond substituents is 1. The van der Waals surface area contributed by atoms with E-state index >= 15 is 0 Å². The third-order valence-electron chi connectivity index (χ3n) is 3.74. The van der Waals surface area contributed by atoms with Gasteiger partial charge in [0.2, 0.25) is 0 Å². The fourth-order valence-electron chi connectivity index (χ4n) is 2.52. The lowest BCUT2D eigenvalue weighted by Gasteiger charge is -2.24. The van der Waals surface area contributed by atoms with Crippen LogP contribution >= 0.6 is 0 Å². The monoisotopic (exact) mass is 278 g/mol. The van der Waals surface area contributed by atoms with Crippen molar-refractivity contribution in [3.8, 4) is 5.75 Å². The van der Waals surface area contributed by atoms with Crippen LogP contribution in [0.3, 0.4) is 0 Å². The van der Waals surface area contributed by atoms with E-state index in [1.54, 1.807) is 6.92 Å². The predicted molar refractivity (Wildman–Crippen MR) is 85.4 cm³/mol. The van der Waals surface area contributed by atoms with Gasteiger partial charge in [0, 0.05) is 0 Å². The molecule has 2 N–H and O–H groups in total. The SMILES string of the molecule is CCCCc1cc(CCC(C)O)c(O)cc1C(C)(C)C. The van der Waals surface area contributed by atoms with Crippen molar-refractivity contribution in [1.29, 1.82) is 0 Å². The van der Waals surface area contributed by atoms with Crippen molar-refractivity contribution in [2.75, 3.05) is 0 Å². The highest BCUT2D eigenvalue weighted by Gasteiger charge is 2.20. The maximum absolute atomic E-state index is 10.2. The first-order valence-corrected chi connectivity index (χ1v) is 7.79. The van der Waals surface area contributed by atoms with Gasteiger partial charge in [0.05, 0.1) is 6.10 Å². The molecule has 0 fully saturated rings. The second-order valence-corrected chi connectivity index (χ2v) is 6.88. The molecule has 0 aliphatic rings. The van der Waals surface area contributed by atoms with E-state index in [2.05, 4.69) is 33.8 Å². The molecule has 2 nitrogen and oxygen atoms in total. The van der Waals surface area contributed by atoms with Gasteiger partial charge in [0.1, 0.15) is 5.75 Å². The third kappa shape index (κ3) is 4.82. The minimum Gasteiger partial charge on any atom is -0.508 e. The summed E-state index contributed by atoms with van der Waals surface area (Å²) in [6.45, 7) is 10.6. The lowest BCUT2D eigenvalue weighted by molar-refractivity contribution is 0.184. The summed E-state index contributed by atoms with van der Waals surface area (Å²) in [5.74, 6) is 0.371. The summed E-state index contributed by atoms with van der Waals surface area (Å²) in [6, 6.07) is 4.08. The van der Waals surface area contributed by atoms with Crippen LogP contribution in [0.1, 0.15) is 70.6 Å². The average molecular weight is 278 g/mol. The number of aryl methyl sites for hydroxylation is 2. The van der Waals surface area contributed by atoms with Crippen LogP contribution < -0.4 is 0 Å². The molecule has 0 aliphatic carbocycles. The molecular weight excluding hydrogens is 248 g/mol. The lowest BCUT2D eigenvalue weighted by atomic mass is 9.81. The first kappa shape index (κ1) is 17.0. The van der Waals surface area contributed by atoms with Crippen molar-refractivity contribution >= 4 is 0 Å². The van der Waals surface area contributed by atoms with Gasteiger partial charge in [-0.25, -0.2) is 0 Å². The smallest absolute Gasteiger partial charge is 0.119 e. The highest BCUT2D eigenvalue weighted by Crippen LogP contribution is 2.33. The standard InChI is InChI=1S/C18H30O2/c1-6-7-8-14-11-15(10-9-13(2)19)17(20)12-16(14)18(3,4)5/h11-13,19-20H,6-10H2,1-5H3. The minimum absolute atomic E-state index is 0.0450. The molecule has 1 unspecified atom stereocenters. The Morgan fingerprint density at radius 3 is 2.25 bits per heavy atom. The number of phenols is 1. The van der Waals surface area contributed by atoms with Crippen molar-refractivity contribution in [2.24, 2.45) is 0 Å². The largest absolute Gasteiger partial charge is 0.508 e. The first-order chi connectivity index (χ1) is 9.25. The van der Waals surface area contributed by atoms with Crippen LogP contribution in [-0.2, 0) is 18.3 Å². The van der Waals surface area contributed by atoms with E-state index in [-0.39, 0.29) is 11.5 Å². The van der Waals surface area contributed by atoms with E-state index in [0.29, 0.717) is 12.2 Å². The number of unbranched alkanes of at least 4 members (excludes halogenated alkanes) is 1. The molecule has 1 aromatic carbocycles. The number of benzene rings is 1.